The average Bonchev–Trinajstić information content (AvgIpc) is 2.97. The molecule has 3 rings (SSSR count). The van der Waals surface area contributed by atoms with Crippen molar-refractivity contribution in [3.05, 3.63) is 29.8 Å². The predicted octanol–water partition coefficient (Wildman–Crippen LogP) is 3.42. The number of nitrogens with zero attached hydrogens (tertiary/aromatic N) is 3. The molecular weight excluding hydrogens is 264 g/mol. The first kappa shape index (κ1) is 14.2. The van der Waals surface area contributed by atoms with Crippen molar-refractivity contribution in [3.63, 3.8) is 0 Å². The van der Waals surface area contributed by atoms with Crippen LogP contribution in [0.1, 0.15) is 62.4 Å². The van der Waals surface area contributed by atoms with E-state index in [1.54, 1.807) is 6.20 Å². The Hall–Kier alpha value is -1.75. The van der Waals surface area contributed by atoms with E-state index in [4.69, 9.17) is 10.3 Å². The minimum Gasteiger partial charge on any atom is -0.334 e. The molecule has 2 heterocycles. The van der Waals surface area contributed by atoms with Crippen molar-refractivity contribution >= 4 is 0 Å². The SMILES string of the molecule is NCc1cc(-c2nc(C3CCCCCCC3)no2)ccn1. The normalized spacial score (nSPS) is 17.4. The lowest BCUT2D eigenvalue weighted by Gasteiger charge is -2.15. The van der Waals surface area contributed by atoms with E-state index in [0.29, 0.717) is 18.4 Å². The molecule has 5 heteroatoms. The molecule has 0 saturated heterocycles. The van der Waals surface area contributed by atoms with Gasteiger partial charge < -0.3 is 10.3 Å². The summed E-state index contributed by atoms with van der Waals surface area (Å²) in [5, 5.41) is 4.21. The summed E-state index contributed by atoms with van der Waals surface area (Å²) < 4.78 is 5.45. The molecular formula is C16H22N4O. The first-order valence-corrected chi connectivity index (χ1v) is 7.86. The molecule has 1 saturated carbocycles. The lowest BCUT2D eigenvalue weighted by molar-refractivity contribution is 0.393. The van der Waals surface area contributed by atoms with Crippen LogP contribution in [0.5, 0.6) is 0 Å². The van der Waals surface area contributed by atoms with Gasteiger partial charge in [0, 0.05) is 24.2 Å². The highest BCUT2D eigenvalue weighted by atomic mass is 16.5. The Bertz CT molecular complexity index is 573. The van der Waals surface area contributed by atoms with Crippen LogP contribution in [0.3, 0.4) is 0 Å². The molecule has 5 nitrogen and oxygen atoms in total. The van der Waals surface area contributed by atoms with Gasteiger partial charge in [-0.3, -0.25) is 4.98 Å². The number of hydrogen-bond acceptors (Lipinski definition) is 5. The van der Waals surface area contributed by atoms with Crippen molar-refractivity contribution in [3.8, 4) is 11.5 Å². The van der Waals surface area contributed by atoms with E-state index in [-0.39, 0.29) is 0 Å². The summed E-state index contributed by atoms with van der Waals surface area (Å²) in [5.41, 5.74) is 7.35. The van der Waals surface area contributed by atoms with Gasteiger partial charge in [0.1, 0.15) is 0 Å². The zero-order chi connectivity index (χ0) is 14.5. The van der Waals surface area contributed by atoms with Crippen LogP contribution in [-0.4, -0.2) is 15.1 Å². The Morgan fingerprint density at radius 1 is 1.14 bits per heavy atom. The summed E-state index contributed by atoms with van der Waals surface area (Å²) in [6, 6.07) is 3.80. The van der Waals surface area contributed by atoms with E-state index in [1.807, 2.05) is 12.1 Å². The summed E-state index contributed by atoms with van der Waals surface area (Å²) in [5.74, 6) is 1.88. The van der Waals surface area contributed by atoms with E-state index in [2.05, 4.69) is 15.1 Å². The van der Waals surface area contributed by atoms with Gasteiger partial charge in [-0.1, -0.05) is 37.3 Å². The number of hydrogen-bond donors (Lipinski definition) is 1. The first-order chi connectivity index (χ1) is 10.4. The molecule has 0 bridgehead atoms. The summed E-state index contributed by atoms with van der Waals surface area (Å²) in [6.45, 7) is 0.414. The topological polar surface area (TPSA) is 77.8 Å². The lowest BCUT2D eigenvalue weighted by atomic mass is 9.91. The molecule has 2 aromatic rings. The second-order valence-corrected chi connectivity index (χ2v) is 5.74. The molecule has 112 valence electrons. The van der Waals surface area contributed by atoms with Gasteiger partial charge in [-0.2, -0.15) is 4.98 Å². The fraction of sp³-hybridized carbons (Fsp3) is 0.562. The van der Waals surface area contributed by atoms with Crippen molar-refractivity contribution < 1.29 is 4.52 Å². The maximum Gasteiger partial charge on any atom is 0.258 e. The maximum atomic E-state index is 5.62. The van der Waals surface area contributed by atoms with Gasteiger partial charge in [0.05, 0.1) is 5.69 Å². The molecule has 2 N–H and O–H groups in total. The molecule has 0 aromatic carbocycles. The number of nitrogens with two attached hydrogens (primary N) is 1. The number of pyridine rings is 1. The number of aromatic nitrogens is 3. The summed E-state index contributed by atoms with van der Waals surface area (Å²) in [7, 11) is 0. The Balaban J connectivity index is 1.78. The van der Waals surface area contributed by atoms with Gasteiger partial charge in [-0.05, 0) is 25.0 Å². The first-order valence-electron chi connectivity index (χ1n) is 7.86. The molecule has 2 aromatic heterocycles. The summed E-state index contributed by atoms with van der Waals surface area (Å²) >= 11 is 0. The Kier molecular flexibility index (Phi) is 4.60. The smallest absolute Gasteiger partial charge is 0.258 e. The molecule has 0 unspecified atom stereocenters. The second kappa shape index (κ2) is 6.80. The standard InChI is InChI=1S/C16H22N4O/c17-11-14-10-13(8-9-18-14)16-19-15(20-21-16)12-6-4-2-1-3-5-7-12/h8-10,12H,1-7,11,17H2. The lowest BCUT2D eigenvalue weighted by Crippen LogP contribution is -2.04. The second-order valence-electron chi connectivity index (χ2n) is 5.74. The highest BCUT2D eigenvalue weighted by Crippen LogP contribution is 2.30. The largest absolute Gasteiger partial charge is 0.334 e. The molecule has 0 aliphatic heterocycles. The van der Waals surface area contributed by atoms with Gasteiger partial charge in [0.2, 0.25) is 0 Å². The van der Waals surface area contributed by atoms with Gasteiger partial charge in [0.25, 0.3) is 5.89 Å². The molecule has 0 spiro atoms. The van der Waals surface area contributed by atoms with E-state index < -0.39 is 0 Å². The highest BCUT2D eigenvalue weighted by molar-refractivity contribution is 5.52. The Labute approximate surface area is 125 Å². The molecule has 1 fully saturated rings. The summed E-state index contributed by atoms with van der Waals surface area (Å²) in [6.07, 6.45) is 10.6. The van der Waals surface area contributed by atoms with Crippen LogP contribution in [-0.2, 0) is 6.54 Å². The van der Waals surface area contributed by atoms with Crippen molar-refractivity contribution in [1.29, 1.82) is 0 Å². The van der Waals surface area contributed by atoms with Crippen LogP contribution < -0.4 is 5.73 Å². The van der Waals surface area contributed by atoms with Crippen molar-refractivity contribution in [1.82, 2.24) is 15.1 Å². The van der Waals surface area contributed by atoms with Crippen LogP contribution in [0, 0.1) is 0 Å². The van der Waals surface area contributed by atoms with E-state index >= 15 is 0 Å². The zero-order valence-corrected chi connectivity index (χ0v) is 12.3. The number of rotatable bonds is 3. The molecule has 1 aliphatic carbocycles. The Morgan fingerprint density at radius 2 is 1.90 bits per heavy atom. The van der Waals surface area contributed by atoms with E-state index in [9.17, 15) is 0 Å². The van der Waals surface area contributed by atoms with Crippen molar-refractivity contribution in [2.75, 3.05) is 0 Å². The van der Waals surface area contributed by atoms with Crippen molar-refractivity contribution in [2.24, 2.45) is 5.73 Å². The molecule has 0 amide bonds. The quantitative estimate of drug-likeness (QED) is 0.935. The van der Waals surface area contributed by atoms with Gasteiger partial charge >= 0.3 is 0 Å². The highest BCUT2D eigenvalue weighted by Gasteiger charge is 2.20. The summed E-state index contributed by atoms with van der Waals surface area (Å²) in [4.78, 5) is 8.79. The predicted molar refractivity (Wildman–Crippen MR) is 80.5 cm³/mol. The fourth-order valence-electron chi connectivity index (χ4n) is 2.96. The third-order valence-corrected chi connectivity index (χ3v) is 4.18. The fourth-order valence-corrected chi connectivity index (χ4v) is 2.96. The van der Waals surface area contributed by atoms with Gasteiger partial charge in [-0.25, -0.2) is 0 Å². The van der Waals surface area contributed by atoms with E-state index in [1.165, 1.54) is 44.9 Å². The molecule has 21 heavy (non-hydrogen) atoms. The molecule has 0 atom stereocenters. The minimum absolute atomic E-state index is 0.414. The third kappa shape index (κ3) is 3.47. The minimum atomic E-state index is 0.414. The van der Waals surface area contributed by atoms with E-state index in [0.717, 1.165) is 17.1 Å². The average molecular weight is 286 g/mol. The van der Waals surface area contributed by atoms with Crippen LogP contribution in [0.4, 0.5) is 0 Å². The van der Waals surface area contributed by atoms with Crippen LogP contribution in [0.15, 0.2) is 22.9 Å². The Morgan fingerprint density at radius 3 is 2.67 bits per heavy atom. The van der Waals surface area contributed by atoms with Gasteiger partial charge in [-0.15, -0.1) is 0 Å². The van der Waals surface area contributed by atoms with Crippen molar-refractivity contribution in [2.45, 2.75) is 57.4 Å². The van der Waals surface area contributed by atoms with Gasteiger partial charge in [0.15, 0.2) is 5.82 Å². The van der Waals surface area contributed by atoms with Crippen LogP contribution >= 0.6 is 0 Å². The van der Waals surface area contributed by atoms with Crippen LogP contribution in [0.2, 0.25) is 0 Å². The molecule has 0 radical (unpaired) electrons. The molecule has 1 aliphatic rings. The zero-order valence-electron chi connectivity index (χ0n) is 12.3. The van der Waals surface area contributed by atoms with Crippen LogP contribution in [0.25, 0.3) is 11.5 Å². The monoisotopic (exact) mass is 286 g/mol. The maximum absolute atomic E-state index is 5.62. The third-order valence-electron chi connectivity index (χ3n) is 4.18.